The number of rotatable bonds is 3. The average Bonchev–Trinajstić information content (AvgIpc) is 2.46. The van der Waals surface area contributed by atoms with Gasteiger partial charge in [0, 0.05) is 30.7 Å². The molecule has 1 atom stereocenters. The van der Waals surface area contributed by atoms with Crippen LogP contribution in [0.25, 0.3) is 10.8 Å². The molecule has 102 valence electrons. The molecule has 0 saturated carbocycles. The van der Waals surface area contributed by atoms with Crippen LogP contribution in [0, 0.1) is 0 Å². The second kappa shape index (κ2) is 5.38. The summed E-state index contributed by atoms with van der Waals surface area (Å²) in [4.78, 5) is 27.0. The molecule has 2 aromatic rings. The molecule has 20 heavy (non-hydrogen) atoms. The predicted molar refractivity (Wildman–Crippen MR) is 74.8 cm³/mol. The van der Waals surface area contributed by atoms with Crippen LogP contribution >= 0.6 is 0 Å². The van der Waals surface area contributed by atoms with E-state index in [1.165, 1.54) is 0 Å². The first-order valence-electron chi connectivity index (χ1n) is 6.63. The van der Waals surface area contributed by atoms with Crippen LogP contribution < -0.4 is 10.6 Å². The van der Waals surface area contributed by atoms with Crippen LogP contribution in [0.15, 0.2) is 36.7 Å². The van der Waals surface area contributed by atoms with Gasteiger partial charge < -0.3 is 5.32 Å². The summed E-state index contributed by atoms with van der Waals surface area (Å²) in [7, 11) is 0. The van der Waals surface area contributed by atoms with Crippen LogP contribution in [0.3, 0.4) is 0 Å². The summed E-state index contributed by atoms with van der Waals surface area (Å²) < 4.78 is 0. The summed E-state index contributed by atoms with van der Waals surface area (Å²) in [6.07, 6.45) is 4.56. The molecule has 0 bridgehead atoms. The normalized spacial score (nSPS) is 19.1. The summed E-state index contributed by atoms with van der Waals surface area (Å²) in [6, 6.07) is 7.70. The molecule has 1 aromatic carbocycles. The van der Waals surface area contributed by atoms with Crippen molar-refractivity contribution in [3.63, 3.8) is 0 Å². The second-order valence-corrected chi connectivity index (χ2v) is 4.90. The fraction of sp³-hybridized carbons (Fsp3) is 0.267. The molecule has 5 nitrogen and oxygen atoms in total. The Hall–Kier alpha value is -2.27. The van der Waals surface area contributed by atoms with E-state index in [0.717, 1.165) is 16.3 Å². The summed E-state index contributed by atoms with van der Waals surface area (Å²) >= 11 is 0. The third-order valence-electron chi connectivity index (χ3n) is 3.53. The van der Waals surface area contributed by atoms with Gasteiger partial charge in [-0.3, -0.25) is 19.9 Å². The monoisotopic (exact) mass is 269 g/mol. The van der Waals surface area contributed by atoms with Crippen molar-refractivity contribution in [2.45, 2.75) is 25.4 Å². The van der Waals surface area contributed by atoms with Gasteiger partial charge in [0.15, 0.2) is 0 Å². The number of nitrogens with zero attached hydrogens (tertiary/aromatic N) is 1. The van der Waals surface area contributed by atoms with Gasteiger partial charge in [-0.05, 0) is 17.4 Å². The molecule has 0 radical (unpaired) electrons. The van der Waals surface area contributed by atoms with Crippen LogP contribution in [0.1, 0.15) is 18.4 Å². The molecule has 2 amide bonds. The van der Waals surface area contributed by atoms with E-state index in [4.69, 9.17) is 0 Å². The minimum Gasteiger partial charge on any atom is -0.302 e. The minimum absolute atomic E-state index is 0.195. The number of hydrogen-bond acceptors (Lipinski definition) is 4. The first-order valence-corrected chi connectivity index (χ1v) is 6.63. The smallest absolute Gasteiger partial charge is 0.243 e. The number of piperidine rings is 1. The summed E-state index contributed by atoms with van der Waals surface area (Å²) in [6.45, 7) is 0.556. The molecular formula is C15H15N3O2. The summed E-state index contributed by atoms with van der Waals surface area (Å²) in [5, 5.41) is 7.75. The van der Waals surface area contributed by atoms with Crippen molar-refractivity contribution >= 4 is 22.6 Å². The maximum Gasteiger partial charge on any atom is 0.243 e. The standard InChI is InChI=1S/C15H15N3O2/c19-14-6-5-13(15(20)18-14)17-9-11-8-16-7-10-3-1-2-4-12(10)11/h1-4,7-8,13,17H,5-6,9H2,(H,18,19,20). The Morgan fingerprint density at radius 1 is 1.25 bits per heavy atom. The van der Waals surface area contributed by atoms with E-state index in [2.05, 4.69) is 15.6 Å². The van der Waals surface area contributed by atoms with Crippen molar-refractivity contribution in [2.24, 2.45) is 0 Å². The van der Waals surface area contributed by atoms with Crippen LogP contribution in [-0.2, 0) is 16.1 Å². The van der Waals surface area contributed by atoms with E-state index < -0.39 is 0 Å². The number of amides is 2. The molecule has 1 aliphatic heterocycles. The number of carbonyl (C=O) groups is 2. The Balaban J connectivity index is 1.74. The molecule has 1 aliphatic rings. The van der Waals surface area contributed by atoms with Gasteiger partial charge in [-0.15, -0.1) is 0 Å². The Labute approximate surface area is 116 Å². The zero-order chi connectivity index (χ0) is 13.9. The molecule has 2 heterocycles. The Morgan fingerprint density at radius 2 is 2.10 bits per heavy atom. The molecule has 1 fully saturated rings. The average molecular weight is 269 g/mol. The van der Waals surface area contributed by atoms with E-state index >= 15 is 0 Å². The highest BCUT2D eigenvalue weighted by Crippen LogP contribution is 2.17. The van der Waals surface area contributed by atoms with Crippen molar-refractivity contribution < 1.29 is 9.59 Å². The van der Waals surface area contributed by atoms with Crippen LogP contribution in [0.4, 0.5) is 0 Å². The zero-order valence-corrected chi connectivity index (χ0v) is 10.9. The van der Waals surface area contributed by atoms with E-state index in [1.54, 1.807) is 6.20 Å². The Kier molecular flexibility index (Phi) is 3.43. The molecule has 1 unspecified atom stereocenters. The van der Waals surface area contributed by atoms with Gasteiger partial charge in [0.1, 0.15) is 0 Å². The SMILES string of the molecule is O=C1CCC(NCc2cncc3ccccc23)C(=O)N1. The number of pyridine rings is 1. The largest absolute Gasteiger partial charge is 0.302 e. The topological polar surface area (TPSA) is 71.1 Å². The third-order valence-corrected chi connectivity index (χ3v) is 3.53. The quantitative estimate of drug-likeness (QED) is 0.819. The van der Waals surface area contributed by atoms with Gasteiger partial charge >= 0.3 is 0 Å². The van der Waals surface area contributed by atoms with Gasteiger partial charge in [0.05, 0.1) is 6.04 Å². The summed E-state index contributed by atoms with van der Waals surface area (Å²) in [5.41, 5.74) is 1.05. The number of aromatic nitrogens is 1. The van der Waals surface area contributed by atoms with Crippen LogP contribution in [-0.4, -0.2) is 22.8 Å². The van der Waals surface area contributed by atoms with Crippen LogP contribution in [0.5, 0.6) is 0 Å². The molecular weight excluding hydrogens is 254 g/mol. The predicted octanol–water partition coefficient (Wildman–Crippen LogP) is 1.13. The van der Waals surface area contributed by atoms with Gasteiger partial charge in [0.25, 0.3) is 0 Å². The van der Waals surface area contributed by atoms with Crippen molar-refractivity contribution in [3.05, 3.63) is 42.2 Å². The number of nitrogens with one attached hydrogen (secondary N) is 2. The number of carbonyl (C=O) groups excluding carboxylic acids is 2. The molecule has 3 rings (SSSR count). The first kappa shape index (κ1) is 12.7. The van der Waals surface area contributed by atoms with Crippen LogP contribution in [0.2, 0.25) is 0 Å². The van der Waals surface area contributed by atoms with Gasteiger partial charge in [-0.2, -0.15) is 0 Å². The number of hydrogen-bond donors (Lipinski definition) is 2. The molecule has 1 aromatic heterocycles. The molecule has 1 saturated heterocycles. The lowest BCUT2D eigenvalue weighted by atomic mass is 10.0. The molecule has 2 N–H and O–H groups in total. The van der Waals surface area contributed by atoms with Crippen molar-refractivity contribution in [2.75, 3.05) is 0 Å². The summed E-state index contributed by atoms with van der Waals surface area (Å²) in [5.74, 6) is -0.436. The highest BCUT2D eigenvalue weighted by molar-refractivity contribution is 6.00. The van der Waals surface area contributed by atoms with E-state index in [0.29, 0.717) is 19.4 Å². The van der Waals surface area contributed by atoms with Gasteiger partial charge in [0.2, 0.25) is 11.8 Å². The number of fused-ring (bicyclic) bond motifs is 1. The van der Waals surface area contributed by atoms with E-state index in [9.17, 15) is 9.59 Å². The fourth-order valence-corrected chi connectivity index (χ4v) is 2.44. The van der Waals surface area contributed by atoms with Crippen molar-refractivity contribution in [1.29, 1.82) is 0 Å². The highest BCUT2D eigenvalue weighted by atomic mass is 16.2. The van der Waals surface area contributed by atoms with Gasteiger partial charge in [-0.1, -0.05) is 24.3 Å². The Bertz CT molecular complexity index is 664. The van der Waals surface area contributed by atoms with Crippen molar-refractivity contribution in [1.82, 2.24) is 15.6 Å². The number of benzene rings is 1. The Morgan fingerprint density at radius 3 is 2.95 bits per heavy atom. The third kappa shape index (κ3) is 2.53. The maximum atomic E-state index is 11.7. The molecule has 0 aliphatic carbocycles. The molecule has 5 heteroatoms. The lowest BCUT2D eigenvalue weighted by Crippen LogP contribution is -2.50. The lowest BCUT2D eigenvalue weighted by Gasteiger charge is -2.22. The lowest BCUT2D eigenvalue weighted by molar-refractivity contribution is -0.134. The number of imide groups is 1. The fourth-order valence-electron chi connectivity index (χ4n) is 2.44. The van der Waals surface area contributed by atoms with Crippen molar-refractivity contribution in [3.8, 4) is 0 Å². The zero-order valence-electron chi connectivity index (χ0n) is 10.9. The molecule has 0 spiro atoms. The van der Waals surface area contributed by atoms with E-state index in [1.807, 2.05) is 30.5 Å². The second-order valence-electron chi connectivity index (χ2n) is 4.90. The maximum absolute atomic E-state index is 11.7. The minimum atomic E-state index is -0.313. The van der Waals surface area contributed by atoms with E-state index in [-0.39, 0.29) is 17.9 Å². The highest BCUT2D eigenvalue weighted by Gasteiger charge is 2.25. The van der Waals surface area contributed by atoms with Gasteiger partial charge in [-0.25, -0.2) is 0 Å². The first-order chi connectivity index (χ1) is 9.74.